The molecule has 0 unspecified atom stereocenters. The Morgan fingerprint density at radius 1 is 0.469 bits per heavy atom. The van der Waals surface area contributed by atoms with Gasteiger partial charge in [0.2, 0.25) is 0 Å². The predicted octanol–water partition coefficient (Wildman–Crippen LogP) is 6.07. The molecule has 32 heavy (non-hydrogen) atoms. The molecule has 1 saturated heterocycles. The lowest BCUT2D eigenvalue weighted by Crippen LogP contribution is -2.67. The molecule has 0 saturated carbocycles. The molecule has 6 nitrogen and oxygen atoms in total. The Balaban J connectivity index is 3.50. The second-order valence-corrected chi connectivity index (χ2v) is 36.1. The van der Waals surface area contributed by atoms with E-state index in [0.29, 0.717) is 6.61 Å². The van der Waals surface area contributed by atoms with Gasteiger partial charge in [0.1, 0.15) is 24.4 Å². The minimum atomic E-state index is -1.92. The molecule has 1 aliphatic rings. The molecule has 5 atom stereocenters. The number of hydrogen-bond donors (Lipinski definition) is 0. The molecular weight excluding hydrogens is 489 g/mol. The van der Waals surface area contributed by atoms with E-state index in [1.54, 1.807) is 0 Å². The fraction of sp³-hybridized carbons (Fsp3) is 1.00. The molecule has 0 aromatic carbocycles. The average molecular weight is 541 g/mol. The maximum atomic E-state index is 6.85. The molecule has 0 N–H and O–H groups in total. The lowest BCUT2D eigenvalue weighted by atomic mass is 9.99. The quantitative estimate of drug-likeness (QED) is 0.296. The second-order valence-electron chi connectivity index (χ2n) is 13.8. The van der Waals surface area contributed by atoms with Crippen LogP contribution in [0.15, 0.2) is 0 Å². The van der Waals surface area contributed by atoms with Crippen LogP contribution in [0.5, 0.6) is 0 Å². The van der Waals surface area contributed by atoms with Gasteiger partial charge in [-0.2, -0.15) is 0 Å². The largest absolute Gasteiger partial charge is 0.415 e. The number of ether oxygens (including phenoxy) is 1. The number of hydrogen-bond acceptors (Lipinski definition) is 6. The molecule has 0 aliphatic carbocycles. The fourth-order valence-electron chi connectivity index (χ4n) is 3.41. The zero-order valence-electron chi connectivity index (χ0n) is 23.5. The molecule has 1 heterocycles. The van der Waals surface area contributed by atoms with E-state index < -0.39 is 47.9 Å². The summed E-state index contributed by atoms with van der Waals surface area (Å²) in [6.45, 7) is 33.6. The molecule has 0 spiro atoms. The lowest BCUT2D eigenvalue weighted by molar-refractivity contribution is -0.268. The molecule has 0 amide bonds. The van der Waals surface area contributed by atoms with Gasteiger partial charge in [-0.15, -0.1) is 0 Å². The Morgan fingerprint density at radius 3 is 1.22 bits per heavy atom. The summed E-state index contributed by atoms with van der Waals surface area (Å²) >= 11 is 0. The van der Waals surface area contributed by atoms with E-state index in [0.717, 1.165) is 0 Å². The smallest absolute Gasteiger partial charge is 0.187 e. The Kier molecular flexibility index (Phi) is 10.5. The van der Waals surface area contributed by atoms with Crippen LogP contribution in [0.4, 0.5) is 0 Å². The molecule has 1 fully saturated rings. The van der Waals surface area contributed by atoms with Crippen molar-refractivity contribution in [1.82, 2.24) is 0 Å². The second kappa shape index (κ2) is 10.8. The van der Waals surface area contributed by atoms with Gasteiger partial charge in [-0.3, -0.25) is 0 Å². The van der Waals surface area contributed by atoms with E-state index in [9.17, 15) is 0 Å². The van der Waals surface area contributed by atoms with Crippen LogP contribution in [-0.4, -0.2) is 78.9 Å². The highest BCUT2D eigenvalue weighted by Crippen LogP contribution is 2.35. The Bertz CT molecular complexity index is 586. The van der Waals surface area contributed by atoms with Crippen molar-refractivity contribution in [2.75, 3.05) is 6.61 Å². The highest BCUT2D eigenvalue weighted by atomic mass is 28.4. The predicted molar refractivity (Wildman–Crippen MR) is 147 cm³/mol. The third-order valence-electron chi connectivity index (χ3n) is 4.21. The molecule has 1 aliphatic heterocycles. The lowest BCUT2D eigenvalue weighted by Gasteiger charge is -2.51. The molecule has 0 bridgehead atoms. The molecule has 1 rings (SSSR count). The summed E-state index contributed by atoms with van der Waals surface area (Å²) in [4.78, 5) is 0. The van der Waals surface area contributed by atoms with Crippen LogP contribution >= 0.6 is 0 Å². The van der Waals surface area contributed by atoms with E-state index in [1.165, 1.54) is 0 Å². The van der Waals surface area contributed by atoms with Gasteiger partial charge in [-0.25, -0.2) is 0 Å². The first-order valence-corrected chi connectivity index (χ1v) is 29.0. The van der Waals surface area contributed by atoms with Crippen LogP contribution in [0.1, 0.15) is 0 Å². The maximum absolute atomic E-state index is 6.85. The van der Waals surface area contributed by atoms with Gasteiger partial charge in [-0.05, 0) is 98.2 Å². The third kappa shape index (κ3) is 12.5. The van der Waals surface area contributed by atoms with Crippen LogP contribution in [0.25, 0.3) is 0 Å². The van der Waals surface area contributed by atoms with Gasteiger partial charge in [0.25, 0.3) is 0 Å². The van der Waals surface area contributed by atoms with Crippen molar-refractivity contribution < 1.29 is 26.9 Å². The minimum absolute atomic E-state index is 0.243. The maximum Gasteiger partial charge on any atom is 0.187 e. The van der Waals surface area contributed by atoms with Crippen LogP contribution in [0, 0.1) is 0 Å². The average Bonchev–Trinajstić information content (AvgIpc) is 2.45. The summed E-state index contributed by atoms with van der Waals surface area (Å²) in [7, 11) is -9.37. The zero-order valence-corrected chi connectivity index (χ0v) is 28.5. The number of rotatable bonds is 11. The summed E-state index contributed by atoms with van der Waals surface area (Å²) in [6, 6.07) is 0. The summed E-state index contributed by atoms with van der Waals surface area (Å²) in [5.74, 6) is 0. The molecule has 192 valence electrons. The van der Waals surface area contributed by atoms with Gasteiger partial charge in [0.05, 0.1) is 6.61 Å². The SMILES string of the molecule is C[Si](C)(C)OC[C@H]1O[C@H](O[Si](C)(C)C)[C@@H](O[Si](C)(C)C)[C@@H](O[Si](C)(C)C)[C@@H]1O[Si](C)(C)C. The van der Waals surface area contributed by atoms with Gasteiger partial charge in [0, 0.05) is 0 Å². The first-order valence-electron chi connectivity index (χ1n) is 12.0. The summed E-state index contributed by atoms with van der Waals surface area (Å²) < 4.78 is 39.9. The minimum Gasteiger partial charge on any atom is -0.415 e. The van der Waals surface area contributed by atoms with E-state index in [-0.39, 0.29) is 24.4 Å². The molecule has 0 aromatic heterocycles. The van der Waals surface area contributed by atoms with Crippen molar-refractivity contribution in [1.29, 1.82) is 0 Å². The van der Waals surface area contributed by atoms with Crippen LogP contribution < -0.4 is 0 Å². The van der Waals surface area contributed by atoms with E-state index >= 15 is 0 Å². The van der Waals surface area contributed by atoms with E-state index in [1.807, 2.05) is 0 Å². The van der Waals surface area contributed by atoms with E-state index in [4.69, 9.17) is 26.9 Å². The van der Waals surface area contributed by atoms with Crippen molar-refractivity contribution in [2.45, 2.75) is 129 Å². The molecule has 0 radical (unpaired) electrons. The van der Waals surface area contributed by atoms with Crippen molar-refractivity contribution in [3.63, 3.8) is 0 Å². The van der Waals surface area contributed by atoms with Gasteiger partial charge < -0.3 is 26.9 Å². The normalized spacial score (nSPS) is 28.8. The van der Waals surface area contributed by atoms with Crippen molar-refractivity contribution >= 4 is 41.6 Å². The van der Waals surface area contributed by atoms with Crippen LogP contribution in [0.2, 0.25) is 98.2 Å². The monoisotopic (exact) mass is 540 g/mol. The Labute approximate surface area is 203 Å². The van der Waals surface area contributed by atoms with Crippen molar-refractivity contribution in [3.8, 4) is 0 Å². The topological polar surface area (TPSA) is 55.4 Å². The third-order valence-corrected chi connectivity index (χ3v) is 9.12. The summed E-state index contributed by atoms with van der Waals surface area (Å²) in [5.41, 5.74) is 0. The first-order chi connectivity index (χ1) is 14.0. The molecule has 11 heteroatoms. The molecule has 0 aromatic rings. The fourth-order valence-corrected chi connectivity index (χ4v) is 8.21. The highest BCUT2D eigenvalue weighted by molar-refractivity contribution is 6.71. The molecular formula is C21H52O6Si5. The Morgan fingerprint density at radius 2 is 0.844 bits per heavy atom. The zero-order chi connectivity index (χ0) is 25.3. The van der Waals surface area contributed by atoms with Crippen LogP contribution in [-0.2, 0) is 26.9 Å². The van der Waals surface area contributed by atoms with Crippen LogP contribution in [0.3, 0.4) is 0 Å². The first kappa shape index (κ1) is 30.9. The van der Waals surface area contributed by atoms with Gasteiger partial charge >= 0.3 is 0 Å². The summed E-state index contributed by atoms with van der Waals surface area (Å²) in [6.07, 6.45) is -1.54. The van der Waals surface area contributed by atoms with Crippen molar-refractivity contribution in [3.05, 3.63) is 0 Å². The van der Waals surface area contributed by atoms with Gasteiger partial charge in [0.15, 0.2) is 47.9 Å². The highest BCUT2D eigenvalue weighted by Gasteiger charge is 2.52. The standard InChI is InChI=1S/C21H52O6Si5/c1-28(2,3)22-16-17-18(24-29(4,5)6)19(25-30(7,8)9)20(26-31(10,11)12)21(23-17)27-32(13,14)15/h17-21H,16H2,1-15H3/t17-,18-,19+,20+,21-/m1/s1. The van der Waals surface area contributed by atoms with Gasteiger partial charge in [-0.1, -0.05) is 0 Å². The van der Waals surface area contributed by atoms with Crippen molar-refractivity contribution in [2.24, 2.45) is 0 Å². The summed E-state index contributed by atoms with van der Waals surface area (Å²) in [5, 5.41) is 0. The van der Waals surface area contributed by atoms with E-state index in [2.05, 4.69) is 98.2 Å². The Hall–Kier alpha value is 0.844.